The van der Waals surface area contributed by atoms with Crippen molar-refractivity contribution in [3.63, 3.8) is 0 Å². The number of hydrogen-bond acceptors (Lipinski definition) is 2. The summed E-state index contributed by atoms with van der Waals surface area (Å²) in [6.07, 6.45) is 6.61. The van der Waals surface area contributed by atoms with Crippen molar-refractivity contribution in [2.24, 2.45) is 5.92 Å². The number of allylic oxidation sites excluding steroid dienone is 1. The lowest BCUT2D eigenvalue weighted by atomic mass is 9.99. The molecule has 3 aromatic rings. The topological polar surface area (TPSA) is 52.5 Å². The molecule has 1 atom stereocenters. The first-order valence-electron chi connectivity index (χ1n) is 9.74. The molecule has 0 saturated carbocycles. The number of aromatic nitrogens is 1. The highest BCUT2D eigenvalue weighted by atomic mass is 15.0. The minimum atomic E-state index is 0.128. The van der Waals surface area contributed by atoms with Crippen LogP contribution in [0.2, 0.25) is 0 Å². The molecule has 0 aliphatic rings. The van der Waals surface area contributed by atoms with Gasteiger partial charge in [-0.3, -0.25) is 0 Å². The van der Waals surface area contributed by atoms with E-state index in [2.05, 4.69) is 54.8 Å². The van der Waals surface area contributed by atoms with Gasteiger partial charge in [0.05, 0.1) is 0 Å². The van der Waals surface area contributed by atoms with Crippen LogP contribution in [0, 0.1) is 28.6 Å². The third kappa shape index (κ3) is 3.88. The predicted molar refractivity (Wildman–Crippen MR) is 112 cm³/mol. The normalized spacial score (nSPS) is 11.9. The van der Waals surface area contributed by atoms with Gasteiger partial charge in [-0.25, -0.2) is 0 Å². The average molecular weight is 355 g/mol. The van der Waals surface area contributed by atoms with Gasteiger partial charge in [0.1, 0.15) is 17.7 Å². The molecule has 0 aliphatic carbocycles. The maximum absolute atomic E-state index is 9.03. The molecule has 0 amide bonds. The van der Waals surface area contributed by atoms with Gasteiger partial charge in [-0.1, -0.05) is 57.4 Å². The molecule has 1 aromatic heterocycles. The Labute approximate surface area is 161 Å². The Morgan fingerprint density at radius 3 is 2.48 bits per heavy atom. The molecule has 1 unspecified atom stereocenters. The number of unbranched alkanes of at least 4 members (excludes halogenated alkanes) is 1. The second-order valence-electron chi connectivity index (χ2n) is 7.10. The van der Waals surface area contributed by atoms with Crippen molar-refractivity contribution in [1.29, 1.82) is 10.5 Å². The van der Waals surface area contributed by atoms with Gasteiger partial charge in [-0.15, -0.1) is 0 Å². The van der Waals surface area contributed by atoms with Gasteiger partial charge >= 0.3 is 0 Å². The number of hydrogen-bond donors (Lipinski definition) is 0. The monoisotopic (exact) mass is 355 g/mol. The lowest BCUT2D eigenvalue weighted by Gasteiger charge is -2.17. The van der Waals surface area contributed by atoms with Crippen LogP contribution >= 0.6 is 0 Å². The molecular weight excluding hydrogens is 330 g/mol. The molecule has 2 aromatic carbocycles. The van der Waals surface area contributed by atoms with Crippen LogP contribution in [0.15, 0.2) is 48.0 Å². The van der Waals surface area contributed by atoms with Crippen molar-refractivity contribution >= 4 is 27.9 Å². The molecule has 3 rings (SSSR count). The maximum atomic E-state index is 9.03. The zero-order valence-electron chi connectivity index (χ0n) is 16.1. The zero-order valence-corrected chi connectivity index (χ0v) is 16.1. The van der Waals surface area contributed by atoms with E-state index in [1.807, 2.05) is 18.2 Å². The standard InChI is InChI=1S/C24H25N3/c1-3-5-8-18(4-2)17-27-23-10-7-6-9-21(23)22-14-19(11-12-24(22)27)13-20(15-25)16-26/h6-7,9-14,18H,3-5,8,17H2,1-2H3. The predicted octanol–water partition coefficient (Wildman–Crippen LogP) is 6.44. The molecule has 0 N–H and O–H groups in total. The fourth-order valence-corrected chi connectivity index (χ4v) is 3.79. The number of benzene rings is 2. The Morgan fingerprint density at radius 2 is 1.78 bits per heavy atom. The average Bonchev–Trinajstić information content (AvgIpc) is 3.02. The summed E-state index contributed by atoms with van der Waals surface area (Å²) in [6, 6.07) is 18.6. The molecule has 27 heavy (non-hydrogen) atoms. The summed E-state index contributed by atoms with van der Waals surface area (Å²) in [5, 5.41) is 20.5. The van der Waals surface area contributed by atoms with Crippen LogP contribution in [0.1, 0.15) is 45.1 Å². The second-order valence-corrected chi connectivity index (χ2v) is 7.10. The van der Waals surface area contributed by atoms with Crippen molar-refractivity contribution in [2.45, 2.75) is 46.1 Å². The Bertz CT molecular complexity index is 1040. The molecule has 1 heterocycles. The van der Waals surface area contributed by atoms with E-state index >= 15 is 0 Å². The van der Waals surface area contributed by atoms with Gasteiger partial charge in [0.2, 0.25) is 0 Å². The lowest BCUT2D eigenvalue weighted by Crippen LogP contribution is -2.10. The van der Waals surface area contributed by atoms with Crippen molar-refractivity contribution < 1.29 is 0 Å². The quantitative estimate of drug-likeness (QED) is 0.458. The zero-order chi connectivity index (χ0) is 19.2. The summed E-state index contributed by atoms with van der Waals surface area (Å²) < 4.78 is 2.44. The van der Waals surface area contributed by atoms with Crippen LogP contribution < -0.4 is 0 Å². The summed E-state index contributed by atoms with van der Waals surface area (Å²) in [5.41, 5.74) is 3.49. The molecule has 3 heteroatoms. The largest absolute Gasteiger partial charge is 0.340 e. The Balaban J connectivity index is 2.12. The molecular formula is C24H25N3. The number of para-hydroxylation sites is 1. The van der Waals surface area contributed by atoms with E-state index in [0.29, 0.717) is 5.92 Å². The minimum Gasteiger partial charge on any atom is -0.340 e. The Morgan fingerprint density at radius 1 is 1.04 bits per heavy atom. The molecule has 0 fully saturated rings. The van der Waals surface area contributed by atoms with Gasteiger partial charge < -0.3 is 4.57 Å². The smallest absolute Gasteiger partial charge is 0.130 e. The van der Waals surface area contributed by atoms with Gasteiger partial charge in [0.25, 0.3) is 0 Å². The van der Waals surface area contributed by atoms with Gasteiger partial charge in [0.15, 0.2) is 0 Å². The molecule has 0 radical (unpaired) electrons. The fraction of sp³-hybridized carbons (Fsp3) is 0.333. The molecule has 0 bridgehead atoms. The van der Waals surface area contributed by atoms with Crippen molar-refractivity contribution in [1.82, 2.24) is 4.57 Å². The molecule has 136 valence electrons. The van der Waals surface area contributed by atoms with Gasteiger partial charge in [0, 0.05) is 28.4 Å². The SMILES string of the molecule is CCCCC(CC)Cn1c2ccccc2c2cc(C=C(C#N)C#N)ccc21. The number of nitrogens with zero attached hydrogens (tertiary/aromatic N) is 3. The third-order valence-electron chi connectivity index (χ3n) is 5.33. The summed E-state index contributed by atoms with van der Waals surface area (Å²) in [5.74, 6) is 0.673. The van der Waals surface area contributed by atoms with E-state index in [1.54, 1.807) is 6.08 Å². The third-order valence-corrected chi connectivity index (χ3v) is 5.33. The van der Waals surface area contributed by atoms with Crippen molar-refractivity contribution in [2.75, 3.05) is 0 Å². The van der Waals surface area contributed by atoms with E-state index in [-0.39, 0.29) is 5.57 Å². The maximum Gasteiger partial charge on any atom is 0.130 e. The second kappa shape index (κ2) is 8.56. The van der Waals surface area contributed by atoms with Crippen LogP contribution in [0.5, 0.6) is 0 Å². The summed E-state index contributed by atoms with van der Waals surface area (Å²) in [4.78, 5) is 0. The van der Waals surface area contributed by atoms with Crippen LogP contribution in [-0.4, -0.2) is 4.57 Å². The number of rotatable bonds is 7. The first kappa shape index (κ1) is 18.7. The van der Waals surface area contributed by atoms with Crippen LogP contribution in [0.4, 0.5) is 0 Å². The van der Waals surface area contributed by atoms with Gasteiger partial charge in [-0.2, -0.15) is 10.5 Å². The van der Waals surface area contributed by atoms with Crippen LogP contribution in [0.3, 0.4) is 0 Å². The molecule has 0 saturated heterocycles. The molecule has 0 spiro atoms. The number of fused-ring (bicyclic) bond motifs is 3. The first-order valence-corrected chi connectivity index (χ1v) is 9.74. The highest BCUT2D eigenvalue weighted by molar-refractivity contribution is 6.08. The Hall–Kier alpha value is -3.04. The lowest BCUT2D eigenvalue weighted by molar-refractivity contribution is 0.401. The Kier molecular flexibility index (Phi) is 5.94. The summed E-state index contributed by atoms with van der Waals surface area (Å²) in [7, 11) is 0. The summed E-state index contributed by atoms with van der Waals surface area (Å²) >= 11 is 0. The van der Waals surface area contributed by atoms with Gasteiger partial charge in [-0.05, 0) is 42.2 Å². The van der Waals surface area contributed by atoms with Crippen LogP contribution in [-0.2, 0) is 6.54 Å². The van der Waals surface area contributed by atoms with E-state index < -0.39 is 0 Å². The fourth-order valence-electron chi connectivity index (χ4n) is 3.79. The minimum absolute atomic E-state index is 0.128. The van der Waals surface area contributed by atoms with E-state index in [9.17, 15) is 0 Å². The number of nitriles is 2. The highest BCUT2D eigenvalue weighted by Gasteiger charge is 2.14. The highest BCUT2D eigenvalue weighted by Crippen LogP contribution is 2.32. The van der Waals surface area contributed by atoms with E-state index in [1.165, 1.54) is 47.5 Å². The van der Waals surface area contributed by atoms with Crippen LogP contribution in [0.25, 0.3) is 27.9 Å². The van der Waals surface area contributed by atoms with E-state index in [4.69, 9.17) is 10.5 Å². The van der Waals surface area contributed by atoms with Crippen molar-refractivity contribution in [3.05, 3.63) is 53.6 Å². The first-order chi connectivity index (χ1) is 13.2. The van der Waals surface area contributed by atoms with Crippen molar-refractivity contribution in [3.8, 4) is 12.1 Å². The molecule has 3 nitrogen and oxygen atoms in total. The summed E-state index contributed by atoms with van der Waals surface area (Å²) in [6.45, 7) is 5.55. The molecule has 0 aliphatic heterocycles. The van der Waals surface area contributed by atoms with E-state index in [0.717, 1.165) is 12.1 Å².